The fraction of sp³-hybridized carbons (Fsp3) is 0.261. The van der Waals surface area contributed by atoms with Crippen molar-refractivity contribution in [3.05, 3.63) is 77.1 Å². The first-order chi connectivity index (χ1) is 14.6. The predicted octanol–water partition coefficient (Wildman–Crippen LogP) is 3.56. The first kappa shape index (κ1) is 20.3. The zero-order valence-corrected chi connectivity index (χ0v) is 17.4. The van der Waals surface area contributed by atoms with Crippen LogP contribution >= 0.6 is 11.6 Å². The normalized spacial score (nSPS) is 15.7. The Hall–Kier alpha value is -2.96. The second-order valence-corrected chi connectivity index (χ2v) is 7.65. The largest absolute Gasteiger partial charge is 0.468 e. The summed E-state index contributed by atoms with van der Waals surface area (Å²) in [6.07, 6.45) is 3.39. The highest BCUT2D eigenvalue weighted by Crippen LogP contribution is 2.26. The number of benzene rings is 2. The van der Waals surface area contributed by atoms with Gasteiger partial charge in [0.25, 0.3) is 5.91 Å². The van der Waals surface area contributed by atoms with E-state index in [1.807, 2.05) is 46.2 Å². The Morgan fingerprint density at radius 2 is 1.70 bits per heavy atom. The van der Waals surface area contributed by atoms with E-state index in [0.717, 1.165) is 16.3 Å². The van der Waals surface area contributed by atoms with Crippen molar-refractivity contribution in [3.8, 4) is 0 Å². The Labute approximate surface area is 180 Å². The van der Waals surface area contributed by atoms with E-state index in [1.54, 1.807) is 24.5 Å². The van der Waals surface area contributed by atoms with E-state index in [9.17, 15) is 9.59 Å². The average molecular weight is 424 g/mol. The summed E-state index contributed by atoms with van der Waals surface area (Å²) in [7, 11) is 1.39. The lowest BCUT2D eigenvalue weighted by Gasteiger charge is -2.38. The minimum atomic E-state index is -0.524. The maximum atomic E-state index is 13.1. The number of esters is 1. The molecule has 0 aliphatic carbocycles. The zero-order chi connectivity index (χ0) is 21.1. The molecule has 154 valence electrons. The van der Waals surface area contributed by atoms with Crippen molar-refractivity contribution in [2.24, 2.45) is 0 Å². The molecule has 1 unspecified atom stereocenters. The number of ether oxygens (including phenoxy) is 1. The van der Waals surface area contributed by atoms with Gasteiger partial charge in [-0.15, -0.1) is 0 Å². The Balaban J connectivity index is 1.51. The highest BCUT2D eigenvalue weighted by Gasteiger charge is 2.32. The molecule has 0 N–H and O–H groups in total. The van der Waals surface area contributed by atoms with Gasteiger partial charge in [-0.25, -0.2) is 4.79 Å². The maximum absolute atomic E-state index is 13.1. The Bertz CT molecular complexity index is 1060. The van der Waals surface area contributed by atoms with Gasteiger partial charge in [0.2, 0.25) is 0 Å². The van der Waals surface area contributed by atoms with E-state index >= 15 is 0 Å². The van der Waals surface area contributed by atoms with Crippen LogP contribution in [0.15, 0.2) is 60.9 Å². The number of hydrogen-bond donors (Lipinski definition) is 0. The molecule has 1 aliphatic rings. The monoisotopic (exact) mass is 423 g/mol. The van der Waals surface area contributed by atoms with Crippen LogP contribution in [0.3, 0.4) is 0 Å². The van der Waals surface area contributed by atoms with Gasteiger partial charge in [-0.05, 0) is 23.1 Å². The molecule has 7 heteroatoms. The molecule has 3 aromatic rings. The summed E-state index contributed by atoms with van der Waals surface area (Å²) in [5.74, 6) is -0.365. The number of pyridine rings is 1. The highest BCUT2D eigenvalue weighted by atomic mass is 35.5. The van der Waals surface area contributed by atoms with Gasteiger partial charge >= 0.3 is 5.97 Å². The maximum Gasteiger partial charge on any atom is 0.327 e. The van der Waals surface area contributed by atoms with E-state index in [0.29, 0.717) is 36.8 Å². The van der Waals surface area contributed by atoms with Gasteiger partial charge in [0, 0.05) is 49.0 Å². The molecule has 30 heavy (non-hydrogen) atoms. The number of hydrogen-bond acceptors (Lipinski definition) is 5. The molecule has 6 nitrogen and oxygen atoms in total. The van der Waals surface area contributed by atoms with Crippen molar-refractivity contribution in [2.45, 2.75) is 6.04 Å². The van der Waals surface area contributed by atoms with Crippen LogP contribution in [-0.2, 0) is 9.53 Å². The summed E-state index contributed by atoms with van der Waals surface area (Å²) in [4.78, 5) is 33.7. The Morgan fingerprint density at radius 3 is 2.40 bits per heavy atom. The lowest BCUT2D eigenvalue weighted by atomic mass is 10.0. The number of carbonyl (C=O) groups is 2. The molecule has 1 aromatic heterocycles. The van der Waals surface area contributed by atoms with E-state index in [1.165, 1.54) is 7.11 Å². The number of amides is 1. The third-order valence-electron chi connectivity index (χ3n) is 5.48. The van der Waals surface area contributed by atoms with E-state index in [-0.39, 0.29) is 11.9 Å². The molecule has 0 saturated carbocycles. The number of piperazine rings is 1. The molecule has 2 heterocycles. The fourth-order valence-electron chi connectivity index (χ4n) is 3.89. The average Bonchev–Trinajstić information content (AvgIpc) is 2.80. The van der Waals surface area contributed by atoms with Crippen molar-refractivity contribution >= 4 is 34.2 Å². The van der Waals surface area contributed by atoms with Crippen LogP contribution in [0.2, 0.25) is 5.02 Å². The summed E-state index contributed by atoms with van der Waals surface area (Å²) in [5, 5.41) is 2.45. The minimum absolute atomic E-state index is 0.0416. The van der Waals surface area contributed by atoms with Gasteiger partial charge < -0.3 is 9.64 Å². The summed E-state index contributed by atoms with van der Waals surface area (Å²) in [6.45, 7) is 2.16. The SMILES string of the molecule is COC(=O)C(c1ccc(Cl)cc1)N1CCN(C(=O)c2cncc3ccccc23)CC1. The molecule has 1 amide bonds. The summed E-state index contributed by atoms with van der Waals surface area (Å²) >= 11 is 5.99. The van der Waals surface area contributed by atoms with Gasteiger partial charge in [-0.2, -0.15) is 0 Å². The number of halogens is 1. The highest BCUT2D eigenvalue weighted by molar-refractivity contribution is 6.30. The lowest BCUT2D eigenvalue weighted by Crippen LogP contribution is -2.51. The summed E-state index contributed by atoms with van der Waals surface area (Å²) in [6, 6.07) is 14.4. The molecule has 1 aliphatic heterocycles. The van der Waals surface area contributed by atoms with Crippen LogP contribution in [0.4, 0.5) is 0 Å². The van der Waals surface area contributed by atoms with Crippen LogP contribution in [0.25, 0.3) is 10.8 Å². The third kappa shape index (κ3) is 4.01. The van der Waals surface area contributed by atoms with Gasteiger partial charge in [-0.1, -0.05) is 48.0 Å². The minimum Gasteiger partial charge on any atom is -0.468 e. The smallest absolute Gasteiger partial charge is 0.327 e. The lowest BCUT2D eigenvalue weighted by molar-refractivity contribution is -0.148. The molecule has 0 radical (unpaired) electrons. The van der Waals surface area contributed by atoms with Crippen molar-refractivity contribution < 1.29 is 14.3 Å². The third-order valence-corrected chi connectivity index (χ3v) is 5.73. The topological polar surface area (TPSA) is 62.7 Å². The van der Waals surface area contributed by atoms with E-state index < -0.39 is 6.04 Å². The molecule has 4 rings (SSSR count). The van der Waals surface area contributed by atoms with Gasteiger partial charge in [0.15, 0.2) is 0 Å². The number of methoxy groups -OCH3 is 1. The fourth-order valence-corrected chi connectivity index (χ4v) is 4.02. The molecule has 1 atom stereocenters. The molecule has 2 aromatic carbocycles. The number of carbonyl (C=O) groups excluding carboxylic acids is 2. The van der Waals surface area contributed by atoms with Crippen molar-refractivity contribution in [2.75, 3.05) is 33.3 Å². The summed E-state index contributed by atoms with van der Waals surface area (Å²) in [5.41, 5.74) is 1.42. The number of fused-ring (bicyclic) bond motifs is 1. The van der Waals surface area contributed by atoms with Gasteiger partial charge in [0.05, 0.1) is 12.7 Å². The standard InChI is InChI=1S/C23H22ClN3O3/c1-30-23(29)21(16-6-8-18(24)9-7-16)26-10-12-27(13-11-26)22(28)20-15-25-14-17-4-2-3-5-19(17)20/h2-9,14-15,21H,10-13H2,1H3. The van der Waals surface area contributed by atoms with Gasteiger partial charge in [0.1, 0.15) is 6.04 Å². The molecular weight excluding hydrogens is 402 g/mol. The second kappa shape index (κ2) is 8.81. The molecule has 1 saturated heterocycles. The number of rotatable bonds is 4. The van der Waals surface area contributed by atoms with Crippen molar-refractivity contribution in [3.63, 3.8) is 0 Å². The van der Waals surface area contributed by atoms with Crippen molar-refractivity contribution in [1.29, 1.82) is 0 Å². The van der Waals surface area contributed by atoms with Crippen LogP contribution < -0.4 is 0 Å². The number of aromatic nitrogens is 1. The molecule has 1 fully saturated rings. The van der Waals surface area contributed by atoms with E-state index in [2.05, 4.69) is 4.98 Å². The number of nitrogens with zero attached hydrogens (tertiary/aromatic N) is 3. The van der Waals surface area contributed by atoms with Crippen LogP contribution in [-0.4, -0.2) is 59.9 Å². The molecule has 0 bridgehead atoms. The zero-order valence-electron chi connectivity index (χ0n) is 16.6. The first-order valence-electron chi connectivity index (χ1n) is 9.78. The van der Waals surface area contributed by atoms with Gasteiger partial charge in [-0.3, -0.25) is 14.7 Å². The second-order valence-electron chi connectivity index (χ2n) is 7.21. The Kier molecular flexibility index (Phi) is 5.97. The van der Waals surface area contributed by atoms with Crippen LogP contribution in [0.1, 0.15) is 22.0 Å². The van der Waals surface area contributed by atoms with E-state index in [4.69, 9.17) is 16.3 Å². The van der Waals surface area contributed by atoms with Crippen LogP contribution in [0.5, 0.6) is 0 Å². The predicted molar refractivity (Wildman–Crippen MR) is 115 cm³/mol. The Morgan fingerprint density at radius 1 is 1.00 bits per heavy atom. The molecule has 0 spiro atoms. The van der Waals surface area contributed by atoms with Crippen molar-refractivity contribution in [1.82, 2.24) is 14.8 Å². The summed E-state index contributed by atoms with van der Waals surface area (Å²) < 4.78 is 5.04. The quantitative estimate of drug-likeness (QED) is 0.600. The molecular formula is C23H22ClN3O3. The first-order valence-corrected chi connectivity index (χ1v) is 10.2. The van der Waals surface area contributed by atoms with Crippen LogP contribution in [0, 0.1) is 0 Å².